The Morgan fingerprint density at radius 3 is 0.824 bits per heavy atom. The van der Waals surface area contributed by atoms with Crippen LogP contribution in [0.4, 0.5) is 0 Å². The van der Waals surface area contributed by atoms with E-state index in [1.54, 1.807) is 0 Å². The van der Waals surface area contributed by atoms with Crippen LogP contribution in [0.25, 0.3) is 0 Å². The van der Waals surface area contributed by atoms with Crippen molar-refractivity contribution < 1.29 is 10.2 Å². The number of unbranched alkanes of at least 4 members (excludes halogenated alkanes) is 21. The van der Waals surface area contributed by atoms with E-state index >= 15 is 0 Å². The number of rotatable bonds is 27. The zero-order valence-corrected chi connectivity index (χ0v) is 23.5. The van der Waals surface area contributed by atoms with Crippen molar-refractivity contribution in [3.8, 4) is 0 Å². The molecule has 34 heavy (non-hydrogen) atoms. The summed E-state index contributed by atoms with van der Waals surface area (Å²) in [5.41, 5.74) is 0. The molecule has 1 aliphatic rings. The van der Waals surface area contributed by atoms with Gasteiger partial charge in [0.15, 0.2) is 0 Å². The molecular weight excluding hydrogens is 418 g/mol. The minimum Gasteiger partial charge on any atom is -0.396 e. The van der Waals surface area contributed by atoms with Crippen molar-refractivity contribution in [1.29, 1.82) is 0 Å². The summed E-state index contributed by atoms with van der Waals surface area (Å²) in [5, 5.41) is 20.5. The van der Waals surface area contributed by atoms with Crippen LogP contribution in [-0.4, -0.2) is 36.5 Å². The summed E-state index contributed by atoms with van der Waals surface area (Å²) in [6.07, 6.45) is 34.2. The van der Waals surface area contributed by atoms with Gasteiger partial charge >= 0.3 is 0 Å². The van der Waals surface area contributed by atoms with Crippen molar-refractivity contribution >= 4 is 0 Å². The van der Waals surface area contributed by atoms with Crippen molar-refractivity contribution in [2.24, 2.45) is 5.92 Å². The van der Waals surface area contributed by atoms with E-state index in [1.807, 2.05) is 0 Å². The number of aliphatic hydroxyl groups is 2. The normalized spacial score (nSPS) is 13.5. The first kappa shape index (κ1) is 33.9. The van der Waals surface area contributed by atoms with Gasteiger partial charge < -0.3 is 15.5 Å². The maximum Gasteiger partial charge on any atom is 0.0431 e. The highest BCUT2D eigenvalue weighted by atomic mass is 16.3. The highest BCUT2D eigenvalue weighted by Gasteiger charge is 2.02. The standard InChI is InChI=1S/C29H60O2.C2H5N/c1-29(26-22-18-14-10-6-4-8-12-16-20-24-28-31)25-21-17-13-9-5-2-3-7-11-15-19-23-27-30;1-2-3-1/h29-31H,2-28H2,1H3;3H,1-2H2. The quantitative estimate of drug-likeness (QED) is 0.0806. The van der Waals surface area contributed by atoms with E-state index in [4.69, 9.17) is 10.2 Å². The summed E-state index contributed by atoms with van der Waals surface area (Å²) in [6.45, 7) is 5.71. The average molecular weight is 484 g/mol. The molecular formula is C31H65NO2. The van der Waals surface area contributed by atoms with Gasteiger partial charge in [-0.15, -0.1) is 0 Å². The van der Waals surface area contributed by atoms with Crippen LogP contribution in [-0.2, 0) is 0 Å². The van der Waals surface area contributed by atoms with Gasteiger partial charge in [-0.05, 0) is 18.8 Å². The molecule has 0 bridgehead atoms. The Bertz CT molecular complexity index is 346. The topological polar surface area (TPSA) is 62.4 Å². The molecule has 206 valence electrons. The Morgan fingerprint density at radius 1 is 0.412 bits per heavy atom. The van der Waals surface area contributed by atoms with E-state index in [2.05, 4.69) is 12.2 Å². The largest absolute Gasteiger partial charge is 0.396 e. The molecule has 3 heteroatoms. The Kier molecular flexibility index (Phi) is 30.8. The molecule has 0 amide bonds. The highest BCUT2D eigenvalue weighted by molar-refractivity contribution is 4.59. The fourth-order valence-electron chi connectivity index (χ4n) is 4.71. The van der Waals surface area contributed by atoms with Gasteiger partial charge in [0, 0.05) is 26.3 Å². The Hall–Kier alpha value is -0.120. The average Bonchev–Trinajstić information content (AvgIpc) is 3.72. The number of nitrogens with one attached hydrogen (secondary N) is 1. The predicted molar refractivity (Wildman–Crippen MR) is 152 cm³/mol. The zero-order valence-electron chi connectivity index (χ0n) is 23.5. The van der Waals surface area contributed by atoms with Crippen LogP contribution in [0.5, 0.6) is 0 Å². The van der Waals surface area contributed by atoms with E-state index in [1.165, 1.54) is 161 Å². The third kappa shape index (κ3) is 34.0. The van der Waals surface area contributed by atoms with Crippen molar-refractivity contribution in [1.82, 2.24) is 5.32 Å². The van der Waals surface area contributed by atoms with Gasteiger partial charge in [-0.25, -0.2) is 0 Å². The van der Waals surface area contributed by atoms with Crippen molar-refractivity contribution in [2.75, 3.05) is 26.3 Å². The van der Waals surface area contributed by atoms with Gasteiger partial charge in [0.2, 0.25) is 0 Å². The lowest BCUT2D eigenvalue weighted by molar-refractivity contribution is 0.282. The third-order valence-electron chi connectivity index (χ3n) is 7.21. The van der Waals surface area contributed by atoms with Crippen LogP contribution in [0.2, 0.25) is 0 Å². The predicted octanol–water partition coefficient (Wildman–Crippen LogP) is 8.95. The fourth-order valence-corrected chi connectivity index (χ4v) is 4.71. The number of hydrogen-bond acceptors (Lipinski definition) is 3. The lowest BCUT2D eigenvalue weighted by Crippen LogP contribution is -1.95. The summed E-state index contributed by atoms with van der Waals surface area (Å²) < 4.78 is 0. The Balaban J connectivity index is 0.00000333. The van der Waals surface area contributed by atoms with Crippen LogP contribution >= 0.6 is 0 Å². The minimum atomic E-state index is 0.368. The van der Waals surface area contributed by atoms with Crippen LogP contribution < -0.4 is 5.32 Å². The molecule has 1 heterocycles. The van der Waals surface area contributed by atoms with Crippen LogP contribution in [0.1, 0.15) is 167 Å². The van der Waals surface area contributed by atoms with Crippen molar-refractivity contribution in [3.63, 3.8) is 0 Å². The first-order valence-electron chi connectivity index (χ1n) is 15.7. The van der Waals surface area contributed by atoms with E-state index in [0.29, 0.717) is 13.2 Å². The van der Waals surface area contributed by atoms with E-state index in [-0.39, 0.29) is 0 Å². The van der Waals surface area contributed by atoms with Gasteiger partial charge in [-0.2, -0.15) is 0 Å². The van der Waals surface area contributed by atoms with Crippen LogP contribution in [0.3, 0.4) is 0 Å². The maximum atomic E-state index is 8.77. The smallest absolute Gasteiger partial charge is 0.0431 e. The molecule has 0 aliphatic carbocycles. The molecule has 0 saturated carbocycles. The fraction of sp³-hybridized carbons (Fsp3) is 1.00. The summed E-state index contributed by atoms with van der Waals surface area (Å²) in [7, 11) is 0. The summed E-state index contributed by atoms with van der Waals surface area (Å²) in [6, 6.07) is 0. The molecule has 1 aliphatic heterocycles. The Labute approximate surface area is 215 Å². The lowest BCUT2D eigenvalue weighted by atomic mass is 9.95. The third-order valence-corrected chi connectivity index (χ3v) is 7.21. The summed E-state index contributed by atoms with van der Waals surface area (Å²) in [4.78, 5) is 0. The molecule has 1 atom stereocenters. The van der Waals surface area contributed by atoms with Gasteiger partial charge in [0.25, 0.3) is 0 Å². The zero-order chi connectivity index (χ0) is 24.8. The molecule has 1 unspecified atom stereocenters. The molecule has 3 N–H and O–H groups in total. The molecule has 0 aromatic heterocycles. The minimum absolute atomic E-state index is 0.368. The monoisotopic (exact) mass is 484 g/mol. The molecule has 1 saturated heterocycles. The van der Waals surface area contributed by atoms with E-state index in [0.717, 1.165) is 18.8 Å². The van der Waals surface area contributed by atoms with Crippen molar-refractivity contribution in [2.45, 2.75) is 167 Å². The first-order chi connectivity index (χ1) is 16.8. The SMILES string of the molecule is C1CN1.CC(CCCCCCCCCCCCCO)CCCCCCCCCCCCCCO. The second kappa shape index (κ2) is 30.9. The van der Waals surface area contributed by atoms with Crippen LogP contribution in [0.15, 0.2) is 0 Å². The van der Waals surface area contributed by atoms with E-state index < -0.39 is 0 Å². The number of aliphatic hydroxyl groups excluding tert-OH is 2. The Morgan fingerprint density at radius 2 is 0.618 bits per heavy atom. The van der Waals surface area contributed by atoms with E-state index in [9.17, 15) is 0 Å². The van der Waals surface area contributed by atoms with Gasteiger partial charge in [-0.3, -0.25) is 0 Å². The lowest BCUT2D eigenvalue weighted by Gasteiger charge is -2.11. The molecule has 0 aromatic carbocycles. The second-order valence-electron chi connectivity index (χ2n) is 11.0. The van der Waals surface area contributed by atoms with Gasteiger partial charge in [0.1, 0.15) is 0 Å². The molecule has 1 rings (SSSR count). The second-order valence-corrected chi connectivity index (χ2v) is 11.0. The molecule has 0 aromatic rings. The molecule has 0 radical (unpaired) electrons. The molecule has 0 spiro atoms. The number of hydrogen-bond donors (Lipinski definition) is 3. The molecule has 3 nitrogen and oxygen atoms in total. The first-order valence-corrected chi connectivity index (χ1v) is 15.7. The molecule has 1 fully saturated rings. The van der Waals surface area contributed by atoms with Gasteiger partial charge in [-0.1, -0.05) is 155 Å². The maximum absolute atomic E-state index is 8.77. The van der Waals surface area contributed by atoms with Crippen LogP contribution in [0, 0.1) is 5.92 Å². The van der Waals surface area contributed by atoms with Gasteiger partial charge in [0.05, 0.1) is 0 Å². The summed E-state index contributed by atoms with van der Waals surface area (Å²) in [5.74, 6) is 0.935. The highest BCUT2D eigenvalue weighted by Crippen LogP contribution is 2.19. The summed E-state index contributed by atoms with van der Waals surface area (Å²) >= 11 is 0. The van der Waals surface area contributed by atoms with Crippen molar-refractivity contribution in [3.05, 3.63) is 0 Å².